The van der Waals surface area contributed by atoms with Gasteiger partial charge in [-0.15, -0.1) is 0 Å². The van der Waals surface area contributed by atoms with E-state index in [1.807, 2.05) is 20.8 Å². The summed E-state index contributed by atoms with van der Waals surface area (Å²) in [4.78, 5) is 11.6. The highest BCUT2D eigenvalue weighted by Gasteiger charge is 2.27. The second-order valence-electron chi connectivity index (χ2n) is 5.78. The van der Waals surface area contributed by atoms with Crippen LogP contribution in [0, 0.1) is 5.92 Å². The Bertz CT molecular complexity index is 248. The summed E-state index contributed by atoms with van der Waals surface area (Å²) in [5.74, 6) is 0.448. The van der Waals surface area contributed by atoms with Gasteiger partial charge in [0.15, 0.2) is 0 Å². The molecule has 1 heterocycles. The van der Waals surface area contributed by atoms with Crippen molar-refractivity contribution in [3.05, 3.63) is 0 Å². The number of alkyl carbamates (subject to hydrolysis) is 1. The molecule has 3 unspecified atom stereocenters. The number of piperidine rings is 1. The maximum absolute atomic E-state index is 11.6. The molecule has 94 valence electrons. The van der Waals surface area contributed by atoms with Crippen LogP contribution in [0.2, 0.25) is 0 Å². The van der Waals surface area contributed by atoms with Crippen LogP contribution in [0.4, 0.5) is 4.79 Å². The lowest BCUT2D eigenvalue weighted by Crippen LogP contribution is -2.52. The number of carbonyl (C=O) groups excluding carboxylic acids is 1. The smallest absolute Gasteiger partial charge is 0.407 e. The highest BCUT2D eigenvalue weighted by atomic mass is 16.6. The van der Waals surface area contributed by atoms with Gasteiger partial charge in [0.05, 0.1) is 0 Å². The van der Waals surface area contributed by atoms with E-state index < -0.39 is 5.60 Å². The van der Waals surface area contributed by atoms with Crippen molar-refractivity contribution in [2.45, 2.75) is 58.7 Å². The molecule has 0 bridgehead atoms. The van der Waals surface area contributed by atoms with Crippen molar-refractivity contribution >= 4 is 6.09 Å². The second-order valence-corrected chi connectivity index (χ2v) is 5.78. The minimum absolute atomic E-state index is 0.214. The first-order chi connectivity index (χ1) is 7.28. The number of rotatable bonds is 1. The zero-order chi connectivity index (χ0) is 12.3. The minimum Gasteiger partial charge on any atom is -0.444 e. The zero-order valence-electron chi connectivity index (χ0n) is 11.0. The molecule has 2 N–H and O–H groups in total. The summed E-state index contributed by atoms with van der Waals surface area (Å²) in [6.07, 6.45) is 0.652. The third kappa shape index (κ3) is 4.39. The van der Waals surface area contributed by atoms with Gasteiger partial charge in [0.1, 0.15) is 5.60 Å². The van der Waals surface area contributed by atoms with Crippen molar-refractivity contribution < 1.29 is 9.53 Å². The predicted octanol–water partition coefficient (Wildman–Crippen LogP) is 1.90. The van der Waals surface area contributed by atoms with Gasteiger partial charge < -0.3 is 15.4 Å². The Kier molecular flexibility index (Phi) is 4.19. The number of amides is 1. The predicted molar refractivity (Wildman–Crippen MR) is 64.4 cm³/mol. The molecule has 1 saturated heterocycles. The van der Waals surface area contributed by atoms with Gasteiger partial charge in [-0.05, 0) is 46.6 Å². The van der Waals surface area contributed by atoms with Gasteiger partial charge in [-0.3, -0.25) is 0 Å². The van der Waals surface area contributed by atoms with E-state index in [9.17, 15) is 4.79 Å². The van der Waals surface area contributed by atoms with Crippen molar-refractivity contribution in [1.29, 1.82) is 0 Å². The van der Waals surface area contributed by atoms with Gasteiger partial charge in [-0.1, -0.05) is 6.92 Å². The fourth-order valence-electron chi connectivity index (χ4n) is 1.89. The summed E-state index contributed by atoms with van der Waals surface area (Å²) >= 11 is 0. The van der Waals surface area contributed by atoms with Gasteiger partial charge in [-0.2, -0.15) is 0 Å². The lowest BCUT2D eigenvalue weighted by Gasteiger charge is -2.34. The Morgan fingerprint density at radius 2 is 2.00 bits per heavy atom. The van der Waals surface area contributed by atoms with Gasteiger partial charge in [-0.25, -0.2) is 4.79 Å². The number of carbonyl (C=O) groups is 1. The lowest BCUT2D eigenvalue weighted by molar-refractivity contribution is 0.0471. The van der Waals surface area contributed by atoms with Crippen LogP contribution in [0.3, 0.4) is 0 Å². The van der Waals surface area contributed by atoms with E-state index >= 15 is 0 Å². The molecule has 1 aliphatic rings. The molecule has 0 spiro atoms. The Morgan fingerprint density at radius 3 is 2.56 bits per heavy atom. The molecule has 0 aliphatic carbocycles. The van der Waals surface area contributed by atoms with Crippen molar-refractivity contribution in [2.75, 3.05) is 6.54 Å². The first kappa shape index (κ1) is 13.3. The van der Waals surface area contributed by atoms with Crippen LogP contribution in [-0.2, 0) is 4.74 Å². The summed E-state index contributed by atoms with van der Waals surface area (Å²) in [7, 11) is 0. The average molecular weight is 228 g/mol. The summed E-state index contributed by atoms with van der Waals surface area (Å²) in [5.41, 5.74) is -0.425. The molecule has 4 heteroatoms. The first-order valence-corrected chi connectivity index (χ1v) is 6.01. The quantitative estimate of drug-likeness (QED) is 0.720. The maximum Gasteiger partial charge on any atom is 0.407 e. The van der Waals surface area contributed by atoms with E-state index in [1.165, 1.54) is 0 Å². The molecule has 1 fully saturated rings. The largest absolute Gasteiger partial charge is 0.444 e. The van der Waals surface area contributed by atoms with E-state index in [1.54, 1.807) is 0 Å². The monoisotopic (exact) mass is 228 g/mol. The molecule has 0 radical (unpaired) electrons. The minimum atomic E-state index is -0.425. The fraction of sp³-hybridized carbons (Fsp3) is 0.917. The van der Waals surface area contributed by atoms with Gasteiger partial charge in [0.2, 0.25) is 0 Å². The van der Waals surface area contributed by atoms with Crippen LogP contribution in [0.5, 0.6) is 0 Å². The number of nitrogens with one attached hydrogen (secondary N) is 2. The van der Waals surface area contributed by atoms with Crippen molar-refractivity contribution in [1.82, 2.24) is 10.6 Å². The Balaban J connectivity index is 2.43. The SMILES string of the molecule is CC1CC(NC(=O)OC(C)(C)C)C(C)CN1. The fourth-order valence-corrected chi connectivity index (χ4v) is 1.89. The maximum atomic E-state index is 11.6. The van der Waals surface area contributed by atoms with Gasteiger partial charge in [0.25, 0.3) is 0 Å². The Morgan fingerprint density at radius 1 is 1.38 bits per heavy atom. The normalized spacial score (nSPS) is 30.9. The molecular formula is C12H24N2O2. The molecule has 4 nitrogen and oxygen atoms in total. The Hall–Kier alpha value is -0.770. The standard InChI is InChI=1S/C12H24N2O2/c1-8-7-13-9(2)6-10(8)14-11(15)16-12(3,4)5/h8-10,13H,6-7H2,1-5H3,(H,14,15). The third-order valence-corrected chi connectivity index (χ3v) is 2.78. The molecular weight excluding hydrogens is 204 g/mol. The van der Waals surface area contributed by atoms with E-state index in [2.05, 4.69) is 24.5 Å². The number of hydrogen-bond donors (Lipinski definition) is 2. The zero-order valence-corrected chi connectivity index (χ0v) is 11.0. The third-order valence-electron chi connectivity index (χ3n) is 2.78. The molecule has 0 aromatic carbocycles. The first-order valence-electron chi connectivity index (χ1n) is 6.01. The summed E-state index contributed by atoms with van der Waals surface area (Å²) in [6, 6.07) is 0.669. The van der Waals surface area contributed by atoms with Crippen LogP contribution in [0.25, 0.3) is 0 Å². The highest BCUT2D eigenvalue weighted by Crippen LogP contribution is 2.15. The van der Waals surface area contributed by atoms with Crippen LogP contribution in [0.15, 0.2) is 0 Å². The molecule has 1 amide bonds. The van der Waals surface area contributed by atoms with Crippen LogP contribution in [0.1, 0.15) is 41.0 Å². The summed E-state index contributed by atoms with van der Waals surface area (Å²) < 4.78 is 5.25. The molecule has 3 atom stereocenters. The molecule has 1 rings (SSSR count). The highest BCUT2D eigenvalue weighted by molar-refractivity contribution is 5.68. The molecule has 1 aliphatic heterocycles. The van der Waals surface area contributed by atoms with Crippen molar-refractivity contribution in [3.8, 4) is 0 Å². The molecule has 0 aromatic rings. The van der Waals surface area contributed by atoms with Crippen LogP contribution in [-0.4, -0.2) is 30.3 Å². The van der Waals surface area contributed by atoms with Crippen LogP contribution < -0.4 is 10.6 Å². The average Bonchev–Trinajstić information content (AvgIpc) is 2.08. The van der Waals surface area contributed by atoms with E-state index in [4.69, 9.17) is 4.74 Å². The van der Waals surface area contributed by atoms with Crippen LogP contribution >= 0.6 is 0 Å². The molecule has 0 saturated carbocycles. The molecule has 16 heavy (non-hydrogen) atoms. The van der Waals surface area contributed by atoms with E-state index in [-0.39, 0.29) is 12.1 Å². The Labute approximate surface area is 98.1 Å². The lowest BCUT2D eigenvalue weighted by atomic mass is 9.91. The van der Waals surface area contributed by atoms with Crippen molar-refractivity contribution in [3.63, 3.8) is 0 Å². The van der Waals surface area contributed by atoms with Crippen molar-refractivity contribution in [2.24, 2.45) is 5.92 Å². The second kappa shape index (κ2) is 5.04. The summed E-state index contributed by atoms with van der Waals surface area (Å²) in [5, 5.41) is 6.35. The van der Waals surface area contributed by atoms with E-state index in [0.717, 1.165) is 13.0 Å². The van der Waals surface area contributed by atoms with Gasteiger partial charge >= 0.3 is 6.09 Å². The van der Waals surface area contributed by atoms with Gasteiger partial charge in [0, 0.05) is 12.1 Å². The topological polar surface area (TPSA) is 50.4 Å². The number of hydrogen-bond acceptors (Lipinski definition) is 3. The molecule has 0 aromatic heterocycles. The summed E-state index contributed by atoms with van der Waals surface area (Å²) in [6.45, 7) is 10.8. The van der Waals surface area contributed by atoms with E-state index in [0.29, 0.717) is 12.0 Å². The number of ether oxygens (including phenoxy) is 1.